The molecule has 0 saturated carbocycles. The van der Waals surface area contributed by atoms with Crippen LogP contribution in [0.25, 0.3) is 0 Å². The molecule has 0 spiro atoms. The Morgan fingerprint density at radius 3 is 2.50 bits per heavy atom. The van der Waals surface area contributed by atoms with Gasteiger partial charge in [0.15, 0.2) is 5.60 Å². The number of hydrogen-bond acceptors (Lipinski definition) is 4. The summed E-state index contributed by atoms with van der Waals surface area (Å²) < 4.78 is 15.3. The van der Waals surface area contributed by atoms with Crippen LogP contribution in [0.1, 0.15) is 26.7 Å². The minimum atomic E-state index is -1.29. The Kier molecular flexibility index (Phi) is 8.15. The molecule has 0 aromatic heterocycles. The van der Waals surface area contributed by atoms with Gasteiger partial charge in [0.1, 0.15) is 0 Å². The molecule has 96 valence electrons. The van der Waals surface area contributed by atoms with Gasteiger partial charge in [0, 0.05) is 13.7 Å². The van der Waals surface area contributed by atoms with Crippen LogP contribution in [-0.4, -0.2) is 50.2 Å². The number of hydrogen-bond donors (Lipinski definition) is 1. The first kappa shape index (κ1) is 15.3. The highest BCUT2D eigenvalue weighted by molar-refractivity contribution is 5.77. The third kappa shape index (κ3) is 6.05. The van der Waals surface area contributed by atoms with Crippen molar-refractivity contribution in [1.29, 1.82) is 0 Å². The van der Waals surface area contributed by atoms with Crippen molar-refractivity contribution in [3.63, 3.8) is 0 Å². The quantitative estimate of drug-likeness (QED) is 0.577. The van der Waals surface area contributed by atoms with Crippen LogP contribution in [-0.2, 0) is 19.0 Å². The molecule has 0 aromatic rings. The summed E-state index contributed by atoms with van der Waals surface area (Å²) in [6, 6.07) is 0. The van der Waals surface area contributed by atoms with Gasteiger partial charge in [-0.05, 0) is 13.3 Å². The molecule has 1 atom stereocenters. The summed E-state index contributed by atoms with van der Waals surface area (Å²) in [5, 5.41) is 8.96. The first-order valence-electron chi connectivity index (χ1n) is 5.51. The van der Waals surface area contributed by atoms with Crippen LogP contribution in [0.4, 0.5) is 0 Å². The number of carboxylic acids is 1. The van der Waals surface area contributed by atoms with E-state index in [1.165, 1.54) is 14.0 Å². The van der Waals surface area contributed by atoms with Crippen molar-refractivity contribution >= 4 is 5.97 Å². The summed E-state index contributed by atoms with van der Waals surface area (Å²) in [4.78, 5) is 10.9. The molecule has 5 heteroatoms. The first-order chi connectivity index (χ1) is 7.56. The van der Waals surface area contributed by atoms with E-state index < -0.39 is 11.6 Å². The van der Waals surface area contributed by atoms with Crippen LogP contribution in [0.2, 0.25) is 0 Å². The molecular weight excluding hydrogens is 212 g/mol. The molecule has 16 heavy (non-hydrogen) atoms. The van der Waals surface area contributed by atoms with E-state index in [1.807, 2.05) is 0 Å². The van der Waals surface area contributed by atoms with Crippen molar-refractivity contribution in [3.8, 4) is 0 Å². The van der Waals surface area contributed by atoms with Gasteiger partial charge in [0.25, 0.3) is 0 Å². The fraction of sp³-hybridized carbons (Fsp3) is 0.909. The van der Waals surface area contributed by atoms with E-state index in [1.54, 1.807) is 0 Å². The van der Waals surface area contributed by atoms with Crippen LogP contribution >= 0.6 is 0 Å². The largest absolute Gasteiger partial charge is 0.479 e. The molecule has 0 aliphatic heterocycles. The molecule has 1 unspecified atom stereocenters. The average Bonchev–Trinajstić information content (AvgIpc) is 2.23. The Morgan fingerprint density at radius 1 is 1.31 bits per heavy atom. The number of methoxy groups -OCH3 is 1. The molecular formula is C11H22O5. The smallest absolute Gasteiger partial charge is 0.338 e. The van der Waals surface area contributed by atoms with Crippen molar-refractivity contribution in [1.82, 2.24) is 0 Å². The lowest BCUT2D eigenvalue weighted by molar-refractivity contribution is -0.172. The summed E-state index contributed by atoms with van der Waals surface area (Å²) >= 11 is 0. The molecule has 0 rings (SSSR count). The van der Waals surface area contributed by atoms with Gasteiger partial charge in [-0.25, -0.2) is 4.79 Å². The molecule has 0 radical (unpaired) electrons. The van der Waals surface area contributed by atoms with Gasteiger partial charge in [-0.3, -0.25) is 0 Å². The van der Waals surface area contributed by atoms with Gasteiger partial charge >= 0.3 is 5.97 Å². The van der Waals surface area contributed by atoms with Crippen molar-refractivity contribution in [2.24, 2.45) is 0 Å². The van der Waals surface area contributed by atoms with Crippen LogP contribution in [0.5, 0.6) is 0 Å². The molecule has 0 aromatic carbocycles. The van der Waals surface area contributed by atoms with Gasteiger partial charge < -0.3 is 19.3 Å². The number of carboxylic acid groups (broad SMARTS) is 1. The van der Waals surface area contributed by atoms with Crippen LogP contribution in [0.15, 0.2) is 0 Å². The molecule has 0 amide bonds. The zero-order valence-electron chi connectivity index (χ0n) is 10.3. The second-order valence-electron chi connectivity index (χ2n) is 3.78. The SMILES string of the molecule is CCCCOCCOC(C)(COC)C(=O)O. The highest BCUT2D eigenvalue weighted by Crippen LogP contribution is 2.10. The van der Waals surface area contributed by atoms with E-state index >= 15 is 0 Å². The Morgan fingerprint density at radius 2 is 2.00 bits per heavy atom. The fourth-order valence-corrected chi connectivity index (χ4v) is 1.11. The second-order valence-corrected chi connectivity index (χ2v) is 3.78. The van der Waals surface area contributed by atoms with Crippen molar-refractivity contribution < 1.29 is 24.1 Å². The summed E-state index contributed by atoms with van der Waals surface area (Å²) in [5.41, 5.74) is -1.29. The lowest BCUT2D eigenvalue weighted by atomic mass is 10.1. The molecule has 0 heterocycles. The Balaban J connectivity index is 3.73. The Bertz CT molecular complexity index is 195. The summed E-state index contributed by atoms with van der Waals surface area (Å²) in [7, 11) is 1.45. The molecule has 0 fully saturated rings. The summed E-state index contributed by atoms with van der Waals surface area (Å²) in [6.07, 6.45) is 2.09. The van der Waals surface area contributed by atoms with Crippen LogP contribution in [0.3, 0.4) is 0 Å². The summed E-state index contributed by atoms with van der Waals surface area (Å²) in [5.74, 6) is -1.03. The first-order valence-corrected chi connectivity index (χ1v) is 5.51. The van der Waals surface area contributed by atoms with E-state index in [2.05, 4.69) is 6.92 Å². The predicted octanol–water partition coefficient (Wildman–Crippen LogP) is 1.31. The van der Waals surface area contributed by atoms with E-state index in [-0.39, 0.29) is 13.2 Å². The number of aliphatic carboxylic acids is 1. The van der Waals surface area contributed by atoms with E-state index in [0.717, 1.165) is 12.8 Å². The van der Waals surface area contributed by atoms with Crippen molar-refractivity contribution in [2.45, 2.75) is 32.3 Å². The van der Waals surface area contributed by atoms with E-state index in [4.69, 9.17) is 19.3 Å². The molecule has 0 aliphatic carbocycles. The molecule has 5 nitrogen and oxygen atoms in total. The minimum Gasteiger partial charge on any atom is -0.479 e. The Hall–Kier alpha value is -0.650. The molecule has 0 aliphatic rings. The third-order valence-electron chi connectivity index (χ3n) is 2.16. The zero-order valence-corrected chi connectivity index (χ0v) is 10.3. The van der Waals surface area contributed by atoms with Gasteiger partial charge in [0.05, 0.1) is 19.8 Å². The molecule has 0 bridgehead atoms. The van der Waals surface area contributed by atoms with E-state index in [9.17, 15) is 4.79 Å². The number of ether oxygens (including phenoxy) is 3. The van der Waals surface area contributed by atoms with Crippen LogP contribution < -0.4 is 0 Å². The topological polar surface area (TPSA) is 65.0 Å². The average molecular weight is 234 g/mol. The van der Waals surface area contributed by atoms with Crippen molar-refractivity contribution in [2.75, 3.05) is 33.5 Å². The second kappa shape index (κ2) is 8.50. The lowest BCUT2D eigenvalue weighted by Crippen LogP contribution is -2.43. The molecule has 0 saturated heterocycles. The number of rotatable bonds is 10. The normalized spacial score (nSPS) is 14.7. The number of unbranched alkanes of at least 4 members (excludes halogenated alkanes) is 1. The Labute approximate surface area is 96.7 Å². The standard InChI is InChI=1S/C11H22O5/c1-4-5-6-15-7-8-16-11(2,9-14-3)10(12)13/h4-9H2,1-3H3,(H,12,13). The summed E-state index contributed by atoms with van der Waals surface area (Å²) in [6.45, 7) is 4.96. The van der Waals surface area contributed by atoms with Gasteiger partial charge in [-0.1, -0.05) is 13.3 Å². The maximum Gasteiger partial charge on any atom is 0.338 e. The van der Waals surface area contributed by atoms with Crippen molar-refractivity contribution in [3.05, 3.63) is 0 Å². The van der Waals surface area contributed by atoms with E-state index in [0.29, 0.717) is 13.2 Å². The van der Waals surface area contributed by atoms with Gasteiger partial charge in [-0.15, -0.1) is 0 Å². The minimum absolute atomic E-state index is 0.0251. The fourth-order valence-electron chi connectivity index (χ4n) is 1.11. The highest BCUT2D eigenvalue weighted by Gasteiger charge is 2.34. The predicted molar refractivity (Wildman–Crippen MR) is 59.6 cm³/mol. The maximum atomic E-state index is 10.9. The van der Waals surface area contributed by atoms with Crippen LogP contribution in [0, 0.1) is 0 Å². The van der Waals surface area contributed by atoms with Gasteiger partial charge in [-0.2, -0.15) is 0 Å². The number of carbonyl (C=O) groups is 1. The molecule has 1 N–H and O–H groups in total. The monoisotopic (exact) mass is 234 g/mol. The zero-order chi connectivity index (χ0) is 12.4. The third-order valence-corrected chi connectivity index (χ3v) is 2.16. The maximum absolute atomic E-state index is 10.9. The lowest BCUT2D eigenvalue weighted by Gasteiger charge is -2.24. The highest BCUT2D eigenvalue weighted by atomic mass is 16.6. The van der Waals surface area contributed by atoms with Gasteiger partial charge in [0.2, 0.25) is 0 Å².